The zero-order valence-electron chi connectivity index (χ0n) is 18.4. The van der Waals surface area contributed by atoms with E-state index in [4.69, 9.17) is 9.47 Å². The molecule has 1 aliphatic carbocycles. The molecule has 168 valence electrons. The van der Waals surface area contributed by atoms with E-state index in [-0.39, 0.29) is 23.7 Å². The zero-order chi connectivity index (χ0) is 23.4. The van der Waals surface area contributed by atoms with Crippen LogP contribution in [0.2, 0.25) is 0 Å². The summed E-state index contributed by atoms with van der Waals surface area (Å²) in [5, 5.41) is 0. The average Bonchev–Trinajstić information content (AvgIpc) is 2.86. The van der Waals surface area contributed by atoms with Gasteiger partial charge in [0.2, 0.25) is 0 Å². The number of ether oxygens (including phenoxy) is 2. The standard InChI is InChI=1S/C27H24O5S/c1-3-32-26(30)27(17-33-18-11-5-4-6-12-18)23(21-15-9-10-16-22(21)31-2)24(28)19-13-7-8-14-20(19)25(27)29/h4-16,23H,3,17H2,1-2H3/t23-,27+/m1/s1. The van der Waals surface area contributed by atoms with Gasteiger partial charge >= 0.3 is 5.97 Å². The topological polar surface area (TPSA) is 69.7 Å². The molecule has 5 nitrogen and oxygen atoms in total. The number of ketones is 2. The van der Waals surface area contributed by atoms with Crippen LogP contribution in [0.15, 0.2) is 83.8 Å². The molecule has 0 N–H and O–H groups in total. The number of carbonyl (C=O) groups excluding carboxylic acids is 3. The molecule has 0 radical (unpaired) electrons. The number of thioether (sulfide) groups is 1. The lowest BCUT2D eigenvalue weighted by atomic mass is 9.61. The van der Waals surface area contributed by atoms with Gasteiger partial charge in [-0.05, 0) is 25.1 Å². The minimum atomic E-state index is -1.74. The van der Waals surface area contributed by atoms with Crippen LogP contribution in [-0.2, 0) is 9.53 Å². The maximum atomic E-state index is 14.1. The van der Waals surface area contributed by atoms with E-state index in [9.17, 15) is 14.4 Å². The van der Waals surface area contributed by atoms with Gasteiger partial charge in [0, 0.05) is 27.3 Å². The van der Waals surface area contributed by atoms with Crippen molar-refractivity contribution in [2.24, 2.45) is 5.41 Å². The van der Waals surface area contributed by atoms with E-state index in [0.717, 1.165) is 4.90 Å². The number of hydrogen-bond donors (Lipinski definition) is 0. The van der Waals surface area contributed by atoms with Crippen LogP contribution in [-0.4, -0.2) is 37.0 Å². The number of Topliss-reactive ketones (excluding diaryl/α,β-unsaturated/α-hetero) is 2. The molecular weight excluding hydrogens is 436 g/mol. The largest absolute Gasteiger partial charge is 0.496 e. The van der Waals surface area contributed by atoms with Gasteiger partial charge in [-0.25, -0.2) is 0 Å². The predicted octanol–water partition coefficient (Wildman–Crippen LogP) is 5.20. The molecule has 0 saturated heterocycles. The Bertz CT molecular complexity index is 1190. The fourth-order valence-corrected chi connectivity index (χ4v) is 5.51. The molecule has 0 amide bonds. The molecule has 0 fully saturated rings. The lowest BCUT2D eigenvalue weighted by molar-refractivity contribution is -0.151. The van der Waals surface area contributed by atoms with Crippen molar-refractivity contribution in [3.05, 3.63) is 95.6 Å². The fraction of sp³-hybridized carbons (Fsp3) is 0.222. The van der Waals surface area contributed by atoms with Crippen LogP contribution >= 0.6 is 11.8 Å². The normalized spacial score (nSPS) is 19.6. The molecule has 0 unspecified atom stereocenters. The highest BCUT2D eigenvalue weighted by molar-refractivity contribution is 7.99. The van der Waals surface area contributed by atoms with Crippen molar-refractivity contribution >= 4 is 29.3 Å². The Kier molecular flexibility index (Phi) is 6.65. The van der Waals surface area contributed by atoms with Crippen molar-refractivity contribution in [1.82, 2.24) is 0 Å². The maximum absolute atomic E-state index is 14.1. The third-order valence-electron chi connectivity index (χ3n) is 5.90. The van der Waals surface area contributed by atoms with Crippen molar-refractivity contribution in [2.45, 2.75) is 17.7 Å². The zero-order valence-corrected chi connectivity index (χ0v) is 19.3. The summed E-state index contributed by atoms with van der Waals surface area (Å²) < 4.78 is 11.0. The summed E-state index contributed by atoms with van der Waals surface area (Å²) in [6, 6.07) is 23.2. The number of esters is 1. The van der Waals surface area contributed by atoms with Crippen LogP contribution in [0.1, 0.15) is 39.1 Å². The number of fused-ring (bicyclic) bond motifs is 1. The number of para-hydroxylation sites is 1. The fourth-order valence-electron chi connectivity index (χ4n) is 4.35. The molecule has 0 spiro atoms. The Morgan fingerprint density at radius 3 is 2.24 bits per heavy atom. The lowest BCUT2D eigenvalue weighted by Crippen LogP contribution is -2.53. The van der Waals surface area contributed by atoms with Gasteiger partial charge in [-0.1, -0.05) is 60.7 Å². The van der Waals surface area contributed by atoms with Crippen molar-refractivity contribution in [2.75, 3.05) is 19.5 Å². The van der Waals surface area contributed by atoms with Gasteiger partial charge in [0.25, 0.3) is 0 Å². The summed E-state index contributed by atoms with van der Waals surface area (Å²) in [6.07, 6.45) is 0. The molecule has 0 saturated carbocycles. The second-order valence-electron chi connectivity index (χ2n) is 7.71. The minimum absolute atomic E-state index is 0.0530. The molecule has 0 heterocycles. The number of methoxy groups -OCH3 is 1. The summed E-state index contributed by atoms with van der Waals surface area (Å²) in [7, 11) is 1.51. The first-order valence-corrected chi connectivity index (χ1v) is 11.7. The first-order chi connectivity index (χ1) is 16.0. The highest BCUT2D eigenvalue weighted by atomic mass is 32.2. The summed E-state index contributed by atoms with van der Waals surface area (Å²) in [5.41, 5.74) is -0.690. The predicted molar refractivity (Wildman–Crippen MR) is 127 cm³/mol. The Balaban J connectivity index is 1.96. The molecule has 4 rings (SSSR count). The third kappa shape index (κ3) is 3.95. The maximum Gasteiger partial charge on any atom is 0.322 e. The summed E-state index contributed by atoms with van der Waals surface area (Å²) in [6.45, 7) is 1.79. The molecule has 3 aromatic carbocycles. The van der Waals surface area contributed by atoms with E-state index in [1.165, 1.54) is 18.9 Å². The molecule has 0 aliphatic heterocycles. The van der Waals surface area contributed by atoms with Gasteiger partial charge in [-0.3, -0.25) is 14.4 Å². The Morgan fingerprint density at radius 2 is 1.55 bits per heavy atom. The Morgan fingerprint density at radius 1 is 0.909 bits per heavy atom. The van der Waals surface area contributed by atoms with E-state index in [0.29, 0.717) is 16.9 Å². The Labute approximate surface area is 197 Å². The quantitative estimate of drug-likeness (QED) is 0.274. The van der Waals surface area contributed by atoms with E-state index in [1.807, 2.05) is 30.3 Å². The molecule has 33 heavy (non-hydrogen) atoms. The molecule has 0 aromatic heterocycles. The van der Waals surface area contributed by atoms with Gasteiger partial charge in [0.1, 0.15) is 5.75 Å². The summed E-state index contributed by atoms with van der Waals surface area (Å²) in [5.74, 6) is -1.98. The van der Waals surface area contributed by atoms with E-state index in [1.54, 1.807) is 55.5 Å². The SMILES string of the molecule is CCOC(=O)[C@]1(CSc2ccccc2)C(=O)c2ccccc2C(=O)[C@H]1c1ccccc1OC. The molecule has 6 heteroatoms. The van der Waals surface area contributed by atoms with Crippen LogP contribution in [0, 0.1) is 5.41 Å². The van der Waals surface area contributed by atoms with Gasteiger partial charge in [0.05, 0.1) is 19.6 Å². The van der Waals surface area contributed by atoms with Crippen molar-refractivity contribution < 1.29 is 23.9 Å². The lowest BCUT2D eigenvalue weighted by Gasteiger charge is -2.40. The second kappa shape index (κ2) is 9.63. The van der Waals surface area contributed by atoms with Gasteiger partial charge in [0.15, 0.2) is 17.0 Å². The van der Waals surface area contributed by atoms with Crippen LogP contribution in [0.3, 0.4) is 0 Å². The first-order valence-electron chi connectivity index (χ1n) is 10.7. The second-order valence-corrected chi connectivity index (χ2v) is 8.76. The van der Waals surface area contributed by atoms with E-state index >= 15 is 0 Å². The van der Waals surface area contributed by atoms with Gasteiger partial charge in [-0.15, -0.1) is 11.8 Å². The number of rotatable bonds is 7. The average molecular weight is 461 g/mol. The third-order valence-corrected chi connectivity index (χ3v) is 7.10. The smallest absolute Gasteiger partial charge is 0.322 e. The van der Waals surface area contributed by atoms with Crippen LogP contribution in [0.5, 0.6) is 5.75 Å². The van der Waals surface area contributed by atoms with Crippen LogP contribution < -0.4 is 4.74 Å². The van der Waals surface area contributed by atoms with Crippen LogP contribution in [0.25, 0.3) is 0 Å². The highest BCUT2D eigenvalue weighted by Gasteiger charge is 2.60. The van der Waals surface area contributed by atoms with Crippen LogP contribution in [0.4, 0.5) is 0 Å². The minimum Gasteiger partial charge on any atom is -0.496 e. The molecular formula is C27H24O5S. The monoisotopic (exact) mass is 460 g/mol. The summed E-state index contributed by atoms with van der Waals surface area (Å²) >= 11 is 1.36. The number of hydrogen-bond acceptors (Lipinski definition) is 6. The van der Waals surface area contributed by atoms with Crippen molar-refractivity contribution in [1.29, 1.82) is 0 Å². The Hall–Kier alpha value is -3.38. The molecule has 0 bridgehead atoms. The molecule has 3 aromatic rings. The van der Waals surface area contributed by atoms with Crippen molar-refractivity contribution in [3.63, 3.8) is 0 Å². The van der Waals surface area contributed by atoms with Crippen molar-refractivity contribution in [3.8, 4) is 5.75 Å². The molecule has 1 aliphatic rings. The summed E-state index contributed by atoms with van der Waals surface area (Å²) in [4.78, 5) is 42.6. The highest BCUT2D eigenvalue weighted by Crippen LogP contribution is 2.51. The van der Waals surface area contributed by atoms with Gasteiger partial charge < -0.3 is 9.47 Å². The van der Waals surface area contributed by atoms with E-state index in [2.05, 4.69) is 0 Å². The first kappa shape index (κ1) is 22.8. The molecule has 2 atom stereocenters. The number of carbonyl (C=O) groups is 3. The number of benzene rings is 3. The van der Waals surface area contributed by atoms with E-state index < -0.39 is 23.1 Å². The van der Waals surface area contributed by atoms with Gasteiger partial charge in [-0.2, -0.15) is 0 Å².